The lowest BCUT2D eigenvalue weighted by Crippen LogP contribution is -2.05. The number of benzene rings is 1. The van der Waals surface area contributed by atoms with Crippen LogP contribution in [0, 0.1) is 13.8 Å². The maximum atomic E-state index is 4.81. The van der Waals surface area contributed by atoms with Crippen molar-refractivity contribution in [3.05, 3.63) is 40.8 Å². The van der Waals surface area contributed by atoms with Gasteiger partial charge in [0.05, 0.1) is 10.4 Å². The van der Waals surface area contributed by atoms with E-state index in [2.05, 4.69) is 55.7 Å². The summed E-state index contributed by atoms with van der Waals surface area (Å²) in [6, 6.07) is 8.37. The minimum atomic E-state index is 0.822. The van der Waals surface area contributed by atoms with Crippen LogP contribution in [0.1, 0.15) is 24.5 Å². The van der Waals surface area contributed by atoms with Crippen molar-refractivity contribution in [2.75, 3.05) is 11.9 Å². The molecule has 0 radical (unpaired) electrons. The van der Waals surface area contributed by atoms with Crippen molar-refractivity contribution in [3.8, 4) is 10.7 Å². The number of aryl methyl sites for hydroxylation is 2. The van der Waals surface area contributed by atoms with Crippen LogP contribution in [-0.2, 0) is 0 Å². The van der Waals surface area contributed by atoms with Crippen molar-refractivity contribution in [3.63, 3.8) is 0 Å². The first-order chi connectivity index (χ1) is 10.2. The molecular formula is C17H19N3S. The van der Waals surface area contributed by atoms with E-state index >= 15 is 0 Å². The molecule has 0 saturated carbocycles. The normalized spacial score (nSPS) is 11.0. The first kappa shape index (κ1) is 14.0. The van der Waals surface area contributed by atoms with Crippen molar-refractivity contribution in [1.82, 2.24) is 9.97 Å². The second kappa shape index (κ2) is 5.82. The average Bonchev–Trinajstić information content (AvgIpc) is 2.91. The Morgan fingerprint density at radius 1 is 1.10 bits per heavy atom. The molecule has 21 heavy (non-hydrogen) atoms. The van der Waals surface area contributed by atoms with Gasteiger partial charge in [0.15, 0.2) is 5.82 Å². The van der Waals surface area contributed by atoms with Crippen LogP contribution in [0.25, 0.3) is 21.6 Å². The van der Waals surface area contributed by atoms with Gasteiger partial charge >= 0.3 is 0 Å². The lowest BCUT2D eigenvalue weighted by molar-refractivity contribution is 0.970. The third kappa shape index (κ3) is 2.63. The lowest BCUT2D eigenvalue weighted by Gasteiger charge is -2.11. The zero-order valence-electron chi connectivity index (χ0n) is 12.6. The standard InChI is InChI=1S/C17H19N3S/c1-4-9-18-16-13-7-5-6-11(2)14(13)19-17(20-16)15-12(3)8-10-21-15/h5-8,10H,4,9H2,1-3H3,(H,18,19,20). The van der Waals surface area contributed by atoms with Crippen molar-refractivity contribution >= 4 is 28.1 Å². The summed E-state index contributed by atoms with van der Waals surface area (Å²) in [6.07, 6.45) is 1.07. The summed E-state index contributed by atoms with van der Waals surface area (Å²) >= 11 is 1.70. The molecule has 0 aliphatic carbocycles. The summed E-state index contributed by atoms with van der Waals surface area (Å²) < 4.78 is 0. The number of nitrogens with one attached hydrogen (secondary N) is 1. The Bertz CT molecular complexity index is 777. The highest BCUT2D eigenvalue weighted by atomic mass is 32.1. The fourth-order valence-corrected chi connectivity index (χ4v) is 3.24. The van der Waals surface area contributed by atoms with E-state index in [9.17, 15) is 0 Å². The average molecular weight is 297 g/mol. The molecular weight excluding hydrogens is 278 g/mol. The van der Waals surface area contributed by atoms with Crippen molar-refractivity contribution in [1.29, 1.82) is 0 Å². The van der Waals surface area contributed by atoms with E-state index in [1.165, 1.54) is 11.1 Å². The van der Waals surface area contributed by atoms with Gasteiger partial charge in [-0.3, -0.25) is 0 Å². The zero-order valence-corrected chi connectivity index (χ0v) is 13.4. The third-order valence-corrected chi connectivity index (χ3v) is 4.55. The molecule has 0 fully saturated rings. The third-order valence-electron chi connectivity index (χ3n) is 3.54. The van der Waals surface area contributed by atoms with Crippen molar-refractivity contribution in [2.24, 2.45) is 0 Å². The Morgan fingerprint density at radius 3 is 2.67 bits per heavy atom. The first-order valence-corrected chi connectivity index (χ1v) is 8.14. The monoisotopic (exact) mass is 297 g/mol. The van der Waals surface area contributed by atoms with Gasteiger partial charge in [0.1, 0.15) is 5.82 Å². The van der Waals surface area contributed by atoms with Gasteiger partial charge in [0.2, 0.25) is 0 Å². The summed E-state index contributed by atoms with van der Waals surface area (Å²) in [4.78, 5) is 10.7. The van der Waals surface area contributed by atoms with E-state index < -0.39 is 0 Å². The second-order valence-corrected chi connectivity index (χ2v) is 6.14. The van der Waals surface area contributed by atoms with E-state index in [0.29, 0.717) is 0 Å². The van der Waals surface area contributed by atoms with Gasteiger partial charge in [-0.25, -0.2) is 9.97 Å². The molecule has 0 bridgehead atoms. The SMILES string of the molecule is CCCNc1nc(-c2sccc2C)nc2c(C)cccc12. The fourth-order valence-electron chi connectivity index (χ4n) is 2.38. The molecule has 1 N–H and O–H groups in total. The van der Waals surface area contributed by atoms with Crippen LogP contribution >= 0.6 is 11.3 Å². The summed E-state index contributed by atoms with van der Waals surface area (Å²) in [5.41, 5.74) is 3.45. The highest BCUT2D eigenvalue weighted by Gasteiger charge is 2.12. The smallest absolute Gasteiger partial charge is 0.172 e. The highest BCUT2D eigenvalue weighted by Crippen LogP contribution is 2.31. The number of hydrogen-bond acceptors (Lipinski definition) is 4. The Morgan fingerprint density at radius 2 is 1.95 bits per heavy atom. The second-order valence-electron chi connectivity index (χ2n) is 5.23. The molecule has 0 aliphatic rings. The molecule has 1 aromatic carbocycles. The van der Waals surface area contributed by atoms with Crippen LogP contribution in [0.15, 0.2) is 29.6 Å². The van der Waals surface area contributed by atoms with Gasteiger partial charge in [-0.05, 0) is 48.9 Å². The predicted molar refractivity (Wildman–Crippen MR) is 91.1 cm³/mol. The van der Waals surface area contributed by atoms with E-state index in [1.807, 2.05) is 0 Å². The summed E-state index contributed by atoms with van der Waals surface area (Å²) in [6.45, 7) is 7.29. The molecule has 0 saturated heterocycles. The van der Waals surface area contributed by atoms with E-state index in [-0.39, 0.29) is 0 Å². The molecule has 0 aliphatic heterocycles. The summed E-state index contributed by atoms with van der Waals surface area (Å²) in [7, 11) is 0. The van der Waals surface area contributed by atoms with Gasteiger partial charge in [-0.1, -0.05) is 19.1 Å². The largest absolute Gasteiger partial charge is 0.369 e. The van der Waals surface area contributed by atoms with Crippen LogP contribution in [-0.4, -0.2) is 16.5 Å². The minimum Gasteiger partial charge on any atom is -0.369 e. The molecule has 0 amide bonds. The number of nitrogens with zero attached hydrogens (tertiary/aromatic N) is 2. The van der Waals surface area contributed by atoms with Gasteiger partial charge in [0, 0.05) is 11.9 Å². The molecule has 0 unspecified atom stereocenters. The maximum absolute atomic E-state index is 4.81. The number of thiophene rings is 1. The van der Waals surface area contributed by atoms with Gasteiger partial charge in [0.25, 0.3) is 0 Å². The van der Waals surface area contributed by atoms with Crippen LogP contribution in [0.4, 0.5) is 5.82 Å². The fraction of sp³-hybridized carbons (Fsp3) is 0.294. The van der Waals surface area contributed by atoms with Gasteiger partial charge in [-0.15, -0.1) is 11.3 Å². The topological polar surface area (TPSA) is 37.8 Å². The molecule has 0 atom stereocenters. The highest BCUT2D eigenvalue weighted by molar-refractivity contribution is 7.13. The van der Waals surface area contributed by atoms with E-state index in [1.54, 1.807) is 11.3 Å². The van der Waals surface area contributed by atoms with Gasteiger partial charge < -0.3 is 5.32 Å². The molecule has 2 aromatic heterocycles. The first-order valence-electron chi connectivity index (χ1n) is 7.26. The molecule has 108 valence electrons. The number of para-hydroxylation sites is 1. The Labute approximate surface area is 129 Å². The van der Waals surface area contributed by atoms with Crippen LogP contribution in [0.5, 0.6) is 0 Å². The zero-order chi connectivity index (χ0) is 14.8. The Hall–Kier alpha value is -1.94. The number of rotatable bonds is 4. The quantitative estimate of drug-likeness (QED) is 0.752. The van der Waals surface area contributed by atoms with E-state index in [4.69, 9.17) is 9.97 Å². The molecule has 4 heteroatoms. The summed E-state index contributed by atoms with van der Waals surface area (Å²) in [5, 5.41) is 6.63. The molecule has 3 aromatic rings. The lowest BCUT2D eigenvalue weighted by atomic mass is 10.1. The maximum Gasteiger partial charge on any atom is 0.172 e. The van der Waals surface area contributed by atoms with Gasteiger partial charge in [-0.2, -0.15) is 0 Å². The van der Waals surface area contributed by atoms with Crippen molar-refractivity contribution in [2.45, 2.75) is 27.2 Å². The number of anilines is 1. The number of fused-ring (bicyclic) bond motifs is 1. The molecule has 3 nitrogen and oxygen atoms in total. The van der Waals surface area contributed by atoms with Crippen LogP contribution in [0.3, 0.4) is 0 Å². The van der Waals surface area contributed by atoms with Crippen LogP contribution < -0.4 is 5.32 Å². The molecule has 3 rings (SSSR count). The molecule has 2 heterocycles. The number of aromatic nitrogens is 2. The van der Waals surface area contributed by atoms with E-state index in [0.717, 1.165) is 40.4 Å². The molecule has 0 spiro atoms. The minimum absolute atomic E-state index is 0.822. The van der Waals surface area contributed by atoms with Crippen molar-refractivity contribution < 1.29 is 0 Å². The van der Waals surface area contributed by atoms with Crippen LogP contribution in [0.2, 0.25) is 0 Å². The Kier molecular flexibility index (Phi) is 3.88. The predicted octanol–water partition coefficient (Wildman–Crippen LogP) is 4.80. The number of hydrogen-bond donors (Lipinski definition) is 1. The Balaban J connectivity index is 2.23. The summed E-state index contributed by atoms with van der Waals surface area (Å²) in [5.74, 6) is 1.76.